The fourth-order valence-electron chi connectivity index (χ4n) is 2.85. The number of halogens is 1. The van der Waals surface area contributed by atoms with Crippen LogP contribution in [0.2, 0.25) is 5.02 Å². The van der Waals surface area contributed by atoms with E-state index >= 15 is 0 Å². The number of ether oxygens (including phenoxy) is 1. The summed E-state index contributed by atoms with van der Waals surface area (Å²) in [6.07, 6.45) is 2.79. The van der Waals surface area contributed by atoms with Crippen LogP contribution in [0.5, 0.6) is 0 Å². The van der Waals surface area contributed by atoms with E-state index in [4.69, 9.17) is 22.1 Å². The van der Waals surface area contributed by atoms with E-state index in [1.807, 2.05) is 0 Å². The number of nitrogens with zero attached hydrogens (tertiary/aromatic N) is 1. The van der Waals surface area contributed by atoms with E-state index in [0.29, 0.717) is 35.2 Å². The molecule has 5 nitrogen and oxygen atoms in total. The highest BCUT2D eigenvalue weighted by Gasteiger charge is 2.34. The van der Waals surface area contributed by atoms with E-state index in [0.717, 1.165) is 25.9 Å². The van der Waals surface area contributed by atoms with Gasteiger partial charge in [-0.2, -0.15) is 0 Å². The van der Waals surface area contributed by atoms with Crippen LogP contribution in [0.25, 0.3) is 0 Å². The van der Waals surface area contributed by atoms with Gasteiger partial charge in [0.25, 0.3) is 0 Å². The fourth-order valence-corrected chi connectivity index (χ4v) is 3.09. The molecule has 0 spiro atoms. The summed E-state index contributed by atoms with van der Waals surface area (Å²) in [5.74, 6) is -0.0574. The molecule has 3 N–H and O–H groups in total. The lowest BCUT2D eigenvalue weighted by Gasteiger charge is -2.31. The first-order valence-corrected chi connectivity index (χ1v) is 7.20. The standard InChI is InChI=1S/C14H18ClN3O2/c15-12-5-9(16)1-4-13(12)17-14(19)8-18-6-10-2-3-11(7-18)20-10/h1,4-5,10-11H,2-3,6-8,16H2,(H,17,19). The van der Waals surface area contributed by atoms with Gasteiger partial charge in [0.2, 0.25) is 5.91 Å². The van der Waals surface area contributed by atoms with E-state index in [1.54, 1.807) is 18.2 Å². The lowest BCUT2D eigenvalue weighted by molar-refractivity contribution is -0.119. The Morgan fingerprint density at radius 1 is 1.40 bits per heavy atom. The van der Waals surface area contributed by atoms with Gasteiger partial charge in [0.1, 0.15) is 0 Å². The third kappa shape index (κ3) is 3.06. The van der Waals surface area contributed by atoms with Gasteiger partial charge < -0.3 is 15.8 Å². The van der Waals surface area contributed by atoms with E-state index in [2.05, 4.69) is 10.2 Å². The van der Waals surface area contributed by atoms with E-state index in [-0.39, 0.29) is 5.91 Å². The first kappa shape index (κ1) is 13.7. The Morgan fingerprint density at radius 3 is 2.75 bits per heavy atom. The molecule has 2 unspecified atom stereocenters. The fraction of sp³-hybridized carbons (Fsp3) is 0.500. The van der Waals surface area contributed by atoms with Gasteiger partial charge >= 0.3 is 0 Å². The quantitative estimate of drug-likeness (QED) is 0.833. The Kier molecular flexibility index (Phi) is 3.83. The maximum Gasteiger partial charge on any atom is 0.238 e. The van der Waals surface area contributed by atoms with Crippen molar-refractivity contribution in [2.24, 2.45) is 0 Å². The number of nitrogens with one attached hydrogen (secondary N) is 1. The SMILES string of the molecule is Nc1ccc(NC(=O)CN2CC3CCC(C2)O3)c(Cl)c1. The zero-order chi connectivity index (χ0) is 14.1. The van der Waals surface area contributed by atoms with Crippen molar-refractivity contribution in [2.45, 2.75) is 25.0 Å². The Morgan fingerprint density at radius 2 is 2.10 bits per heavy atom. The van der Waals surface area contributed by atoms with Crippen molar-refractivity contribution >= 4 is 28.9 Å². The van der Waals surface area contributed by atoms with E-state index in [1.165, 1.54) is 0 Å². The summed E-state index contributed by atoms with van der Waals surface area (Å²) < 4.78 is 5.75. The first-order chi connectivity index (χ1) is 9.60. The number of anilines is 2. The van der Waals surface area contributed by atoms with Crippen molar-refractivity contribution in [2.75, 3.05) is 30.7 Å². The van der Waals surface area contributed by atoms with Crippen LogP contribution < -0.4 is 11.1 Å². The largest absolute Gasteiger partial charge is 0.399 e. The summed E-state index contributed by atoms with van der Waals surface area (Å²) >= 11 is 6.04. The van der Waals surface area contributed by atoms with Gasteiger partial charge in [0.05, 0.1) is 29.5 Å². The molecule has 1 aromatic rings. The van der Waals surface area contributed by atoms with Crippen LogP contribution in [0.3, 0.4) is 0 Å². The number of nitrogens with two attached hydrogens (primary N) is 1. The van der Waals surface area contributed by atoms with Crippen molar-refractivity contribution in [1.82, 2.24) is 4.90 Å². The summed E-state index contributed by atoms with van der Waals surface area (Å²) in [6, 6.07) is 5.07. The summed E-state index contributed by atoms with van der Waals surface area (Å²) in [4.78, 5) is 14.2. The highest BCUT2D eigenvalue weighted by atomic mass is 35.5. The molecule has 2 aliphatic rings. The molecular weight excluding hydrogens is 278 g/mol. The normalized spacial score (nSPS) is 25.6. The molecule has 0 saturated carbocycles. The minimum Gasteiger partial charge on any atom is -0.399 e. The van der Waals surface area contributed by atoms with E-state index < -0.39 is 0 Å². The average molecular weight is 296 g/mol. The second kappa shape index (κ2) is 5.60. The van der Waals surface area contributed by atoms with Gasteiger partial charge in [-0.05, 0) is 31.0 Å². The molecule has 0 radical (unpaired) electrons. The number of nitrogen functional groups attached to an aromatic ring is 1. The number of morpholine rings is 1. The van der Waals surface area contributed by atoms with Gasteiger partial charge in [0.15, 0.2) is 0 Å². The van der Waals surface area contributed by atoms with Crippen LogP contribution in [0.4, 0.5) is 11.4 Å². The first-order valence-electron chi connectivity index (χ1n) is 6.83. The van der Waals surface area contributed by atoms with Gasteiger partial charge in [-0.3, -0.25) is 9.69 Å². The van der Waals surface area contributed by atoms with Crippen LogP contribution in [0.1, 0.15) is 12.8 Å². The molecule has 0 aromatic heterocycles. The number of carbonyl (C=O) groups excluding carboxylic acids is 1. The van der Waals surface area contributed by atoms with Crippen molar-refractivity contribution in [3.63, 3.8) is 0 Å². The molecular formula is C14H18ClN3O2. The van der Waals surface area contributed by atoms with Gasteiger partial charge in [-0.15, -0.1) is 0 Å². The molecule has 0 aliphatic carbocycles. The van der Waals surface area contributed by atoms with E-state index in [9.17, 15) is 4.79 Å². The molecule has 2 fully saturated rings. The third-order valence-electron chi connectivity index (χ3n) is 3.75. The number of rotatable bonds is 3. The topological polar surface area (TPSA) is 67.6 Å². The Bertz CT molecular complexity index is 511. The van der Waals surface area contributed by atoms with Crippen LogP contribution >= 0.6 is 11.6 Å². The molecule has 2 bridgehead atoms. The highest BCUT2D eigenvalue weighted by Crippen LogP contribution is 2.27. The minimum absolute atomic E-state index is 0.0574. The number of carbonyl (C=O) groups is 1. The van der Waals surface area contributed by atoms with Gasteiger partial charge in [-0.25, -0.2) is 0 Å². The Hall–Kier alpha value is -1.30. The second-order valence-electron chi connectivity index (χ2n) is 5.44. The number of benzene rings is 1. The number of likely N-dealkylation sites (tertiary alicyclic amines) is 1. The van der Waals surface area contributed by atoms with Crippen molar-refractivity contribution < 1.29 is 9.53 Å². The molecule has 1 aromatic carbocycles. The predicted molar refractivity (Wildman–Crippen MR) is 78.8 cm³/mol. The Labute approximate surface area is 123 Å². The maximum atomic E-state index is 12.1. The molecule has 1 amide bonds. The predicted octanol–water partition coefficient (Wildman–Crippen LogP) is 1.72. The van der Waals surface area contributed by atoms with Crippen LogP contribution in [0.15, 0.2) is 18.2 Å². The molecule has 20 heavy (non-hydrogen) atoms. The number of hydrogen-bond donors (Lipinski definition) is 2. The van der Waals surface area contributed by atoms with Crippen LogP contribution in [-0.2, 0) is 9.53 Å². The van der Waals surface area contributed by atoms with Crippen LogP contribution in [-0.4, -0.2) is 42.6 Å². The average Bonchev–Trinajstić information content (AvgIpc) is 2.72. The minimum atomic E-state index is -0.0574. The summed E-state index contributed by atoms with van der Waals surface area (Å²) in [6.45, 7) is 2.04. The molecule has 2 atom stereocenters. The Balaban J connectivity index is 1.57. The van der Waals surface area contributed by atoms with Crippen molar-refractivity contribution in [1.29, 1.82) is 0 Å². The molecule has 108 valence electrons. The van der Waals surface area contributed by atoms with Crippen LogP contribution in [0, 0.1) is 0 Å². The van der Waals surface area contributed by atoms with Gasteiger partial charge in [0, 0.05) is 18.8 Å². The molecule has 2 heterocycles. The van der Waals surface area contributed by atoms with Crippen molar-refractivity contribution in [3.05, 3.63) is 23.2 Å². The lowest BCUT2D eigenvalue weighted by Crippen LogP contribution is -2.45. The second-order valence-corrected chi connectivity index (χ2v) is 5.85. The molecule has 2 aliphatic heterocycles. The number of hydrogen-bond acceptors (Lipinski definition) is 4. The molecule has 3 rings (SSSR count). The summed E-state index contributed by atoms with van der Waals surface area (Å²) in [7, 11) is 0. The zero-order valence-corrected chi connectivity index (χ0v) is 11.9. The lowest BCUT2D eigenvalue weighted by atomic mass is 10.2. The number of fused-ring (bicyclic) bond motifs is 2. The zero-order valence-electron chi connectivity index (χ0n) is 11.1. The third-order valence-corrected chi connectivity index (χ3v) is 4.07. The molecule has 6 heteroatoms. The molecule has 2 saturated heterocycles. The summed E-state index contributed by atoms with van der Waals surface area (Å²) in [5.41, 5.74) is 6.81. The summed E-state index contributed by atoms with van der Waals surface area (Å²) in [5, 5.41) is 3.28. The maximum absolute atomic E-state index is 12.1. The smallest absolute Gasteiger partial charge is 0.238 e. The monoisotopic (exact) mass is 295 g/mol. The van der Waals surface area contributed by atoms with Crippen molar-refractivity contribution in [3.8, 4) is 0 Å². The highest BCUT2D eigenvalue weighted by molar-refractivity contribution is 6.34. The van der Waals surface area contributed by atoms with Gasteiger partial charge in [-0.1, -0.05) is 11.6 Å². The number of amides is 1.